The number of hydrogen-bond acceptors (Lipinski definition) is 6. The first-order chi connectivity index (χ1) is 14.2. The Morgan fingerprint density at radius 3 is 2.67 bits per heavy atom. The monoisotopic (exact) mass is 430 g/mol. The van der Waals surface area contributed by atoms with E-state index in [1.165, 1.54) is 24.4 Å². The number of carboxylic acids is 1. The summed E-state index contributed by atoms with van der Waals surface area (Å²) in [6.07, 6.45) is 2.32. The van der Waals surface area contributed by atoms with E-state index < -0.39 is 16.8 Å². The van der Waals surface area contributed by atoms with Crippen molar-refractivity contribution in [1.82, 2.24) is 9.78 Å². The molecular weight excluding hydrogens is 416 g/mol. The van der Waals surface area contributed by atoms with Gasteiger partial charge in [0.15, 0.2) is 0 Å². The van der Waals surface area contributed by atoms with Crippen LogP contribution in [0.5, 0.6) is 11.5 Å². The zero-order chi connectivity index (χ0) is 21.8. The van der Waals surface area contributed by atoms with Crippen LogP contribution >= 0.6 is 11.6 Å². The highest BCUT2D eigenvalue weighted by molar-refractivity contribution is 6.31. The van der Waals surface area contributed by atoms with Crippen LogP contribution in [-0.2, 0) is 11.3 Å². The van der Waals surface area contributed by atoms with Crippen LogP contribution in [0.15, 0.2) is 48.8 Å². The number of nitro groups is 1. The fourth-order valence-electron chi connectivity index (χ4n) is 2.54. The highest BCUT2D eigenvalue weighted by Crippen LogP contribution is 2.31. The number of nitrogens with zero attached hydrogens (tertiary/aromatic N) is 3. The van der Waals surface area contributed by atoms with Gasteiger partial charge in [0.1, 0.15) is 18.0 Å². The number of non-ortho nitro benzene ring substituents is 1. The number of halogens is 1. The van der Waals surface area contributed by atoms with E-state index >= 15 is 0 Å². The molecule has 1 heterocycles. The lowest BCUT2D eigenvalue weighted by Gasteiger charge is -2.10. The number of carbonyl (C=O) groups excluding carboxylic acids is 1. The number of anilines is 1. The molecule has 0 fully saturated rings. The Kier molecular flexibility index (Phi) is 5.98. The molecule has 30 heavy (non-hydrogen) atoms. The van der Waals surface area contributed by atoms with Crippen molar-refractivity contribution in [2.75, 3.05) is 5.32 Å². The molecule has 11 heteroatoms. The number of amides is 1. The summed E-state index contributed by atoms with van der Waals surface area (Å²) in [7, 11) is 0. The highest BCUT2D eigenvalue weighted by Gasteiger charge is 2.15. The predicted molar refractivity (Wildman–Crippen MR) is 107 cm³/mol. The van der Waals surface area contributed by atoms with E-state index in [0.29, 0.717) is 10.8 Å². The molecule has 3 rings (SSSR count). The third-order valence-electron chi connectivity index (χ3n) is 3.94. The van der Waals surface area contributed by atoms with Crippen LogP contribution in [0.3, 0.4) is 0 Å². The summed E-state index contributed by atoms with van der Waals surface area (Å²) in [6, 6.07) is 8.78. The smallest absolute Gasteiger partial charge is 0.338 e. The summed E-state index contributed by atoms with van der Waals surface area (Å²) in [5, 5.41) is 27.0. The summed E-state index contributed by atoms with van der Waals surface area (Å²) >= 11 is 5.99. The summed E-state index contributed by atoms with van der Waals surface area (Å²) in [6.45, 7) is 1.52. The number of carboxylic acid groups (broad SMARTS) is 1. The first-order valence-electron chi connectivity index (χ1n) is 8.50. The van der Waals surface area contributed by atoms with Crippen molar-refractivity contribution in [3.63, 3.8) is 0 Å². The van der Waals surface area contributed by atoms with Gasteiger partial charge in [-0.05, 0) is 30.7 Å². The molecule has 2 aromatic carbocycles. The minimum Gasteiger partial charge on any atom is -0.478 e. The Morgan fingerprint density at radius 2 is 2.03 bits per heavy atom. The van der Waals surface area contributed by atoms with E-state index in [4.69, 9.17) is 21.4 Å². The van der Waals surface area contributed by atoms with Crippen molar-refractivity contribution < 1.29 is 24.4 Å². The lowest BCUT2D eigenvalue weighted by atomic mass is 10.2. The van der Waals surface area contributed by atoms with Gasteiger partial charge in [0.05, 0.1) is 28.4 Å². The SMILES string of the molecule is Cc1cc(Oc2cc(NC(=O)Cn3cc(C(=O)O)cn3)cc([N+](=O)[O-])c2)ccc1Cl. The average molecular weight is 431 g/mol. The average Bonchev–Trinajstić information content (AvgIpc) is 3.13. The largest absolute Gasteiger partial charge is 0.478 e. The Balaban J connectivity index is 1.79. The second-order valence-corrected chi connectivity index (χ2v) is 6.67. The zero-order valence-corrected chi connectivity index (χ0v) is 16.3. The number of ether oxygens (including phenoxy) is 1. The van der Waals surface area contributed by atoms with Crippen LogP contribution < -0.4 is 10.1 Å². The molecule has 3 aromatic rings. The molecule has 0 aliphatic heterocycles. The molecule has 1 amide bonds. The van der Waals surface area contributed by atoms with Crippen LogP contribution in [0, 0.1) is 17.0 Å². The summed E-state index contributed by atoms with van der Waals surface area (Å²) in [5.74, 6) is -1.15. The molecule has 0 saturated heterocycles. The third-order valence-corrected chi connectivity index (χ3v) is 4.36. The number of nitro benzene ring substituents is 1. The van der Waals surface area contributed by atoms with Gasteiger partial charge in [0, 0.05) is 23.4 Å². The standard InChI is InChI=1S/C19H15ClN4O6/c1-11-4-15(2-3-17(11)20)30-16-6-13(5-14(7-16)24(28)29)22-18(25)10-23-9-12(8-21-23)19(26)27/h2-9H,10H2,1H3,(H,22,25)(H,26,27). The van der Waals surface area contributed by atoms with E-state index in [2.05, 4.69) is 10.4 Å². The normalized spacial score (nSPS) is 10.5. The molecule has 0 aliphatic carbocycles. The number of hydrogen-bond donors (Lipinski definition) is 2. The Hall–Kier alpha value is -3.92. The van der Waals surface area contributed by atoms with E-state index in [-0.39, 0.29) is 29.2 Å². The molecule has 0 aliphatic rings. The second kappa shape index (κ2) is 8.62. The van der Waals surface area contributed by atoms with Gasteiger partial charge >= 0.3 is 5.97 Å². The molecular formula is C19H15ClN4O6. The van der Waals surface area contributed by atoms with Crippen LogP contribution in [-0.4, -0.2) is 31.7 Å². The number of aromatic carboxylic acids is 1. The number of rotatable bonds is 7. The fourth-order valence-corrected chi connectivity index (χ4v) is 2.66. The van der Waals surface area contributed by atoms with Crippen molar-refractivity contribution in [3.05, 3.63) is 75.1 Å². The summed E-state index contributed by atoms with van der Waals surface area (Å²) in [4.78, 5) is 33.8. The number of carbonyl (C=O) groups is 2. The molecule has 154 valence electrons. The van der Waals surface area contributed by atoms with Gasteiger partial charge in [-0.25, -0.2) is 4.79 Å². The van der Waals surface area contributed by atoms with Gasteiger partial charge in [-0.15, -0.1) is 0 Å². The van der Waals surface area contributed by atoms with Crippen molar-refractivity contribution >= 4 is 34.9 Å². The Bertz CT molecular complexity index is 1140. The molecule has 0 radical (unpaired) electrons. The zero-order valence-electron chi connectivity index (χ0n) is 15.5. The van der Waals surface area contributed by atoms with Gasteiger partial charge in [-0.2, -0.15) is 5.10 Å². The first-order valence-corrected chi connectivity index (χ1v) is 8.88. The van der Waals surface area contributed by atoms with Gasteiger partial charge in [-0.1, -0.05) is 11.6 Å². The number of benzene rings is 2. The summed E-state index contributed by atoms with van der Waals surface area (Å²) in [5.41, 5.74) is 0.571. The quantitative estimate of drug-likeness (QED) is 0.428. The topological polar surface area (TPSA) is 137 Å². The van der Waals surface area contributed by atoms with Crippen molar-refractivity contribution in [2.45, 2.75) is 13.5 Å². The lowest BCUT2D eigenvalue weighted by molar-refractivity contribution is -0.384. The minimum atomic E-state index is -1.17. The van der Waals surface area contributed by atoms with Crippen molar-refractivity contribution in [2.24, 2.45) is 0 Å². The fraction of sp³-hybridized carbons (Fsp3) is 0.105. The Labute approximate surface area is 174 Å². The van der Waals surface area contributed by atoms with Gasteiger partial charge in [0.25, 0.3) is 5.69 Å². The van der Waals surface area contributed by atoms with E-state index in [9.17, 15) is 19.7 Å². The van der Waals surface area contributed by atoms with Crippen molar-refractivity contribution in [3.8, 4) is 11.5 Å². The first kappa shape index (κ1) is 20.8. The molecule has 10 nitrogen and oxygen atoms in total. The molecule has 1 aromatic heterocycles. The minimum absolute atomic E-state index is 0.0629. The molecule has 0 bridgehead atoms. The van der Waals surface area contributed by atoms with E-state index in [0.717, 1.165) is 16.4 Å². The third kappa shape index (κ3) is 5.11. The number of aromatic nitrogens is 2. The predicted octanol–water partition coefficient (Wildman–Crippen LogP) is 3.88. The Morgan fingerprint density at radius 1 is 1.27 bits per heavy atom. The van der Waals surface area contributed by atoms with Crippen LogP contribution in [0.25, 0.3) is 0 Å². The number of nitrogens with one attached hydrogen (secondary N) is 1. The van der Waals surface area contributed by atoms with Crippen molar-refractivity contribution in [1.29, 1.82) is 0 Å². The van der Waals surface area contributed by atoms with Gasteiger partial charge < -0.3 is 15.2 Å². The maximum atomic E-state index is 12.2. The van der Waals surface area contributed by atoms with Crippen LogP contribution in [0.2, 0.25) is 5.02 Å². The highest BCUT2D eigenvalue weighted by atomic mass is 35.5. The lowest BCUT2D eigenvalue weighted by Crippen LogP contribution is -2.19. The molecule has 0 saturated carbocycles. The molecule has 0 atom stereocenters. The van der Waals surface area contributed by atoms with Gasteiger partial charge in [0.2, 0.25) is 5.91 Å². The molecule has 2 N–H and O–H groups in total. The molecule has 0 unspecified atom stereocenters. The number of aryl methyl sites for hydroxylation is 1. The second-order valence-electron chi connectivity index (χ2n) is 6.27. The van der Waals surface area contributed by atoms with E-state index in [1.807, 2.05) is 0 Å². The molecule has 0 spiro atoms. The van der Waals surface area contributed by atoms with E-state index in [1.54, 1.807) is 25.1 Å². The van der Waals surface area contributed by atoms with Crippen LogP contribution in [0.4, 0.5) is 11.4 Å². The van der Waals surface area contributed by atoms with Gasteiger partial charge in [-0.3, -0.25) is 19.6 Å². The summed E-state index contributed by atoms with van der Waals surface area (Å²) < 4.78 is 6.82. The van der Waals surface area contributed by atoms with Crippen LogP contribution in [0.1, 0.15) is 15.9 Å². The maximum Gasteiger partial charge on any atom is 0.338 e. The maximum absolute atomic E-state index is 12.2.